The second kappa shape index (κ2) is 7.95. The van der Waals surface area contributed by atoms with Gasteiger partial charge in [0.25, 0.3) is 0 Å². The molecule has 0 spiro atoms. The van der Waals surface area contributed by atoms with Crippen molar-refractivity contribution in [2.75, 3.05) is 19.6 Å². The van der Waals surface area contributed by atoms with E-state index in [4.69, 9.17) is 0 Å². The lowest BCUT2D eigenvalue weighted by atomic mass is 10.0. The van der Waals surface area contributed by atoms with Crippen LogP contribution in [0.25, 0.3) is 0 Å². The average Bonchev–Trinajstić information content (AvgIpc) is 3.12. The second-order valence-electron chi connectivity index (χ2n) is 6.43. The van der Waals surface area contributed by atoms with Gasteiger partial charge >= 0.3 is 0 Å². The third kappa shape index (κ3) is 4.47. The van der Waals surface area contributed by atoms with Crippen molar-refractivity contribution in [3.63, 3.8) is 0 Å². The first-order valence-corrected chi connectivity index (χ1v) is 10.9. The highest BCUT2D eigenvalue weighted by molar-refractivity contribution is 7.89. The van der Waals surface area contributed by atoms with Gasteiger partial charge in [-0.15, -0.1) is 0 Å². The molecule has 1 aromatic heterocycles. The van der Waals surface area contributed by atoms with Crippen LogP contribution in [-0.2, 0) is 10.0 Å². The van der Waals surface area contributed by atoms with Gasteiger partial charge in [-0.05, 0) is 72.9 Å². The maximum atomic E-state index is 13.5. The van der Waals surface area contributed by atoms with Crippen molar-refractivity contribution >= 4 is 21.4 Å². The number of hydrogen-bond donors (Lipinski definition) is 1. The van der Waals surface area contributed by atoms with Gasteiger partial charge in [0, 0.05) is 12.6 Å². The van der Waals surface area contributed by atoms with Gasteiger partial charge in [-0.1, -0.05) is 12.5 Å². The van der Waals surface area contributed by atoms with Crippen molar-refractivity contribution in [3.05, 3.63) is 52.0 Å². The van der Waals surface area contributed by atoms with Crippen molar-refractivity contribution in [1.82, 2.24) is 9.62 Å². The maximum Gasteiger partial charge on any atom is 0.240 e. The van der Waals surface area contributed by atoms with E-state index in [-0.39, 0.29) is 17.5 Å². The molecule has 4 nitrogen and oxygen atoms in total. The Labute approximate surface area is 152 Å². The Morgan fingerprint density at radius 1 is 1.24 bits per heavy atom. The third-order valence-corrected chi connectivity index (χ3v) is 6.93. The number of benzene rings is 1. The number of thiophene rings is 1. The fraction of sp³-hybridized carbons (Fsp3) is 0.444. The molecular weight excluding hydrogens is 359 g/mol. The number of rotatable bonds is 6. The second-order valence-corrected chi connectivity index (χ2v) is 8.95. The Balaban J connectivity index is 1.79. The quantitative estimate of drug-likeness (QED) is 0.829. The summed E-state index contributed by atoms with van der Waals surface area (Å²) in [5.74, 6) is -0.545. The van der Waals surface area contributed by atoms with Gasteiger partial charge in [-0.25, -0.2) is 17.5 Å². The molecule has 1 aliphatic heterocycles. The predicted molar refractivity (Wildman–Crippen MR) is 98.8 cm³/mol. The number of hydrogen-bond acceptors (Lipinski definition) is 4. The van der Waals surface area contributed by atoms with Crippen molar-refractivity contribution in [2.45, 2.75) is 37.1 Å². The molecule has 3 rings (SSSR count). The number of nitrogens with one attached hydrogen (secondary N) is 1. The molecular formula is C18H23FN2O2S2. The van der Waals surface area contributed by atoms with Crippen LogP contribution < -0.4 is 4.72 Å². The van der Waals surface area contributed by atoms with Gasteiger partial charge in [0.1, 0.15) is 5.82 Å². The van der Waals surface area contributed by atoms with E-state index in [2.05, 4.69) is 15.0 Å². The van der Waals surface area contributed by atoms with E-state index in [1.165, 1.54) is 18.6 Å². The van der Waals surface area contributed by atoms with E-state index in [1.807, 2.05) is 11.4 Å². The smallest absolute Gasteiger partial charge is 0.240 e. The molecule has 0 bridgehead atoms. The number of halogens is 1. The van der Waals surface area contributed by atoms with Gasteiger partial charge in [0.15, 0.2) is 0 Å². The zero-order valence-electron chi connectivity index (χ0n) is 14.2. The highest BCUT2D eigenvalue weighted by atomic mass is 32.2. The molecule has 2 aromatic rings. The summed E-state index contributed by atoms with van der Waals surface area (Å²) < 4.78 is 41.5. The lowest BCUT2D eigenvalue weighted by Crippen LogP contribution is -2.40. The van der Waals surface area contributed by atoms with Crippen molar-refractivity contribution < 1.29 is 12.8 Å². The molecule has 1 N–H and O–H groups in total. The van der Waals surface area contributed by atoms with Gasteiger partial charge in [-0.3, -0.25) is 4.90 Å². The average molecular weight is 383 g/mol. The van der Waals surface area contributed by atoms with Crippen molar-refractivity contribution in [2.24, 2.45) is 0 Å². The van der Waals surface area contributed by atoms with Crippen LogP contribution in [0.15, 0.2) is 39.9 Å². The summed E-state index contributed by atoms with van der Waals surface area (Å²) in [7, 11) is -3.75. The number of piperidine rings is 1. The van der Waals surface area contributed by atoms with Gasteiger partial charge < -0.3 is 0 Å². The fourth-order valence-corrected chi connectivity index (χ4v) is 5.28. The van der Waals surface area contributed by atoms with Crippen LogP contribution in [0.3, 0.4) is 0 Å². The minimum atomic E-state index is -3.75. The normalized spacial score (nSPS) is 17.5. The first-order valence-electron chi connectivity index (χ1n) is 8.49. The minimum absolute atomic E-state index is 0.00944. The molecule has 0 aliphatic carbocycles. The molecule has 1 aromatic carbocycles. The Morgan fingerprint density at radius 3 is 2.68 bits per heavy atom. The molecule has 0 saturated carbocycles. The Hall–Kier alpha value is -1.28. The number of nitrogens with zero attached hydrogens (tertiary/aromatic N) is 1. The van der Waals surface area contributed by atoms with E-state index in [0.29, 0.717) is 5.56 Å². The molecule has 2 heterocycles. The number of sulfonamides is 1. The molecule has 1 saturated heterocycles. The molecule has 136 valence electrons. The van der Waals surface area contributed by atoms with E-state index in [1.54, 1.807) is 18.3 Å². The lowest BCUT2D eigenvalue weighted by molar-refractivity contribution is 0.165. The largest absolute Gasteiger partial charge is 0.295 e. The van der Waals surface area contributed by atoms with Gasteiger partial charge in [0.05, 0.1) is 4.90 Å². The summed E-state index contributed by atoms with van der Waals surface area (Å²) in [6, 6.07) is 5.90. The molecule has 1 aliphatic rings. The summed E-state index contributed by atoms with van der Waals surface area (Å²) in [4.78, 5) is 2.35. The van der Waals surface area contributed by atoms with Crippen molar-refractivity contribution in [3.8, 4) is 0 Å². The fourth-order valence-electron chi connectivity index (χ4n) is 3.28. The van der Waals surface area contributed by atoms with Gasteiger partial charge in [-0.2, -0.15) is 11.3 Å². The topological polar surface area (TPSA) is 49.4 Å². The first kappa shape index (κ1) is 18.5. The lowest BCUT2D eigenvalue weighted by Gasteiger charge is -2.34. The molecule has 1 fully saturated rings. The summed E-state index contributed by atoms with van der Waals surface area (Å²) in [5.41, 5.74) is 1.67. The summed E-state index contributed by atoms with van der Waals surface area (Å²) in [6.45, 7) is 3.91. The Kier molecular flexibility index (Phi) is 5.89. The maximum absolute atomic E-state index is 13.5. The molecule has 1 atom stereocenters. The number of likely N-dealkylation sites (tertiary alicyclic amines) is 1. The van der Waals surface area contributed by atoms with Crippen molar-refractivity contribution in [1.29, 1.82) is 0 Å². The van der Waals surface area contributed by atoms with Crippen LogP contribution in [0.5, 0.6) is 0 Å². The molecule has 25 heavy (non-hydrogen) atoms. The predicted octanol–water partition coefficient (Wildman–Crippen LogP) is 3.70. The number of aryl methyl sites for hydroxylation is 1. The van der Waals surface area contributed by atoms with E-state index in [9.17, 15) is 12.8 Å². The molecule has 7 heteroatoms. The van der Waals surface area contributed by atoms with Crippen LogP contribution in [0.4, 0.5) is 4.39 Å². The third-order valence-electron chi connectivity index (χ3n) is 4.67. The molecule has 0 amide bonds. The van der Waals surface area contributed by atoms with E-state index in [0.717, 1.165) is 37.6 Å². The molecule has 1 unspecified atom stereocenters. The van der Waals surface area contributed by atoms with E-state index >= 15 is 0 Å². The zero-order chi connectivity index (χ0) is 17.9. The standard InChI is InChI=1S/C18H23FN2O2S2/c1-14-5-6-16(19)11-18(14)25(22,23)20-12-17(15-7-10-24-13-15)21-8-3-2-4-9-21/h5-7,10-11,13,17,20H,2-4,8-9,12H2,1H3. The zero-order valence-corrected chi connectivity index (χ0v) is 15.9. The van der Waals surface area contributed by atoms with Crippen LogP contribution in [-0.4, -0.2) is 33.0 Å². The monoisotopic (exact) mass is 382 g/mol. The molecule has 0 radical (unpaired) electrons. The summed E-state index contributed by atoms with van der Waals surface area (Å²) in [6.07, 6.45) is 3.49. The minimum Gasteiger partial charge on any atom is -0.295 e. The highest BCUT2D eigenvalue weighted by Crippen LogP contribution is 2.26. The summed E-state index contributed by atoms with van der Waals surface area (Å²) >= 11 is 1.61. The highest BCUT2D eigenvalue weighted by Gasteiger charge is 2.25. The summed E-state index contributed by atoms with van der Waals surface area (Å²) in [5, 5.41) is 4.08. The Bertz CT molecular complexity index is 800. The van der Waals surface area contributed by atoms with Crippen LogP contribution in [0.2, 0.25) is 0 Å². The van der Waals surface area contributed by atoms with Gasteiger partial charge in [0.2, 0.25) is 10.0 Å². The van der Waals surface area contributed by atoms with Crippen LogP contribution in [0.1, 0.15) is 36.4 Å². The first-order chi connectivity index (χ1) is 12.0. The van der Waals surface area contributed by atoms with E-state index < -0.39 is 15.8 Å². The van der Waals surface area contributed by atoms with Crippen LogP contribution in [0, 0.1) is 12.7 Å². The Morgan fingerprint density at radius 2 is 2.00 bits per heavy atom. The van der Waals surface area contributed by atoms with Crippen LogP contribution >= 0.6 is 11.3 Å². The SMILES string of the molecule is Cc1ccc(F)cc1S(=O)(=O)NCC(c1ccsc1)N1CCCCC1.